The van der Waals surface area contributed by atoms with Crippen molar-refractivity contribution in [1.82, 2.24) is 25.1 Å². The number of aromatic nitrogens is 2. The number of carbonyl (C=O) groups is 6. The molecule has 342 valence electrons. The molecule has 18 nitrogen and oxygen atoms in total. The Balaban J connectivity index is 0.00000680. The van der Waals surface area contributed by atoms with Gasteiger partial charge < -0.3 is 27.4 Å². The number of hydrogen-bond donors (Lipinski definition) is 6. The molecule has 1 saturated heterocycles. The normalized spacial score (nSPS) is 18.7. The number of aryl methyl sites for hydroxylation is 3. The van der Waals surface area contributed by atoms with Gasteiger partial charge in [0, 0.05) is 51.3 Å². The van der Waals surface area contributed by atoms with Gasteiger partial charge in [0.15, 0.2) is 9.84 Å². The second-order valence-corrected chi connectivity index (χ2v) is 18.7. The first kappa shape index (κ1) is 47.4. The highest BCUT2D eigenvalue weighted by molar-refractivity contribution is 7.90. The fraction of sp³-hybridized carbons (Fsp3) is 0.432. The fourth-order valence-corrected chi connectivity index (χ4v) is 9.36. The van der Waals surface area contributed by atoms with E-state index in [0.717, 1.165) is 54.3 Å². The minimum atomic E-state index is -3.40. The quantitative estimate of drug-likeness (QED) is 0.0654. The molecule has 0 bridgehead atoms. The number of nitrogens with two attached hydrogens (primary N) is 2. The van der Waals surface area contributed by atoms with E-state index < -0.39 is 57.6 Å². The lowest BCUT2D eigenvalue weighted by Gasteiger charge is -2.28. The van der Waals surface area contributed by atoms with Crippen LogP contribution in [0.4, 0.5) is 11.4 Å². The standard InChI is InChI=1S/C44H53N9O9S.ClH/c1-51-35-23-29(10-15-33(35)52(44(51)60)34-16-18-38(55)50-41(34)57)47-19-5-3-4-6-26-20-27-9-13-31(45)43(59)53-36(22-28(21-26)39(27)53)42(58)49-32(14-17-37(46)54)40(56)48-24-25-7-11-30(12-8-25)63(2,61)62;/h7-8,10-12,15,20-21,23,31-32,34,36,47H,3-6,9,13-14,16-19,22,24,45H2,1-2H3,(H2,46,54)(H,48,56)(H,49,58)(H,50,55,57);1H/t31-,32-,34?,36-;/m0./s1. The Morgan fingerprint density at radius 1 is 0.906 bits per heavy atom. The number of benzene rings is 3. The fourth-order valence-electron chi connectivity index (χ4n) is 8.73. The van der Waals surface area contributed by atoms with E-state index in [-0.39, 0.29) is 73.5 Å². The van der Waals surface area contributed by atoms with Crippen molar-refractivity contribution in [3.05, 3.63) is 87.3 Å². The Hall–Kier alpha value is -6.05. The summed E-state index contributed by atoms with van der Waals surface area (Å²) >= 11 is 0. The molecule has 3 aliphatic heterocycles. The van der Waals surface area contributed by atoms with E-state index in [4.69, 9.17) is 11.5 Å². The number of imidazole rings is 1. The molecule has 4 aromatic rings. The van der Waals surface area contributed by atoms with E-state index in [0.29, 0.717) is 41.7 Å². The van der Waals surface area contributed by atoms with Crippen molar-refractivity contribution in [2.75, 3.05) is 23.0 Å². The van der Waals surface area contributed by atoms with Gasteiger partial charge in [-0.1, -0.05) is 30.7 Å². The van der Waals surface area contributed by atoms with Gasteiger partial charge in [0.25, 0.3) is 0 Å². The number of sulfone groups is 1. The van der Waals surface area contributed by atoms with Crippen molar-refractivity contribution in [3.8, 4) is 0 Å². The first-order valence-corrected chi connectivity index (χ1v) is 23.1. The number of piperidine rings is 1. The smallest absolute Gasteiger partial charge is 0.329 e. The van der Waals surface area contributed by atoms with Gasteiger partial charge in [-0.2, -0.15) is 0 Å². The van der Waals surface area contributed by atoms with Gasteiger partial charge in [-0.05, 0) is 97.5 Å². The topological polar surface area (TPSA) is 267 Å². The molecular weight excluding hydrogens is 866 g/mol. The van der Waals surface area contributed by atoms with Crippen LogP contribution in [-0.4, -0.2) is 83.9 Å². The van der Waals surface area contributed by atoms with Crippen molar-refractivity contribution in [2.24, 2.45) is 18.5 Å². The third-order valence-electron chi connectivity index (χ3n) is 12.1. The second-order valence-electron chi connectivity index (χ2n) is 16.7. The van der Waals surface area contributed by atoms with Crippen LogP contribution in [0.25, 0.3) is 11.0 Å². The largest absolute Gasteiger partial charge is 0.385 e. The zero-order valence-electron chi connectivity index (χ0n) is 35.7. The van der Waals surface area contributed by atoms with Crippen LogP contribution in [0.3, 0.4) is 0 Å². The van der Waals surface area contributed by atoms with E-state index in [1.807, 2.05) is 24.3 Å². The third-order valence-corrected chi connectivity index (χ3v) is 13.2. The maximum atomic E-state index is 14.0. The van der Waals surface area contributed by atoms with Crippen LogP contribution in [0.1, 0.15) is 79.7 Å². The number of primary amides is 1. The van der Waals surface area contributed by atoms with E-state index >= 15 is 0 Å². The summed E-state index contributed by atoms with van der Waals surface area (Å²) in [5, 5.41) is 11.3. The molecule has 4 heterocycles. The summed E-state index contributed by atoms with van der Waals surface area (Å²) in [5.74, 6) is -2.98. The van der Waals surface area contributed by atoms with Gasteiger partial charge in [0.2, 0.25) is 35.4 Å². The molecule has 8 N–H and O–H groups in total. The number of amides is 6. The van der Waals surface area contributed by atoms with Crippen LogP contribution >= 0.6 is 12.4 Å². The number of unbranched alkanes of at least 4 members (excludes halogenated alkanes) is 2. The lowest BCUT2D eigenvalue weighted by atomic mass is 9.96. The first-order chi connectivity index (χ1) is 30.0. The number of nitrogens with zero attached hydrogens (tertiary/aromatic N) is 3. The SMILES string of the molecule is Cl.Cn1c(=O)n(C2CCC(=O)NC2=O)c2ccc(NCCCCCc3cc4c5c(c3)C[C@@H](C(=O)N[C@@H](CCC(N)=O)C(=O)NCc3ccc(S(C)(=O)=O)cc3)N5C(=O)[C@@H](N)CC4)cc21. The molecule has 0 aliphatic carbocycles. The zero-order chi connectivity index (χ0) is 45.2. The Morgan fingerprint density at radius 2 is 1.64 bits per heavy atom. The number of carbonyl (C=O) groups excluding carboxylic acids is 6. The lowest BCUT2D eigenvalue weighted by molar-refractivity contribution is -0.136. The van der Waals surface area contributed by atoms with Gasteiger partial charge in [-0.25, -0.2) is 13.2 Å². The van der Waals surface area contributed by atoms with Crippen LogP contribution in [-0.2, 0) is 71.5 Å². The summed E-state index contributed by atoms with van der Waals surface area (Å²) in [6.07, 6.45) is 5.89. The van der Waals surface area contributed by atoms with Crippen LogP contribution in [0.5, 0.6) is 0 Å². The van der Waals surface area contributed by atoms with E-state index in [2.05, 4.69) is 27.3 Å². The number of hydrogen-bond acceptors (Lipinski definition) is 11. The number of anilines is 2. The number of rotatable bonds is 17. The van der Waals surface area contributed by atoms with Crippen molar-refractivity contribution in [2.45, 2.75) is 106 Å². The molecule has 3 aliphatic rings. The Kier molecular flexibility index (Phi) is 14.7. The molecule has 4 atom stereocenters. The molecule has 6 amide bonds. The van der Waals surface area contributed by atoms with Crippen molar-refractivity contribution < 1.29 is 37.2 Å². The van der Waals surface area contributed by atoms with E-state index in [1.165, 1.54) is 26.2 Å². The monoisotopic (exact) mass is 919 g/mol. The van der Waals surface area contributed by atoms with Crippen LogP contribution in [0, 0.1) is 0 Å². The highest BCUT2D eigenvalue weighted by Gasteiger charge is 2.44. The van der Waals surface area contributed by atoms with Gasteiger partial charge >= 0.3 is 5.69 Å². The zero-order valence-corrected chi connectivity index (χ0v) is 37.3. The molecule has 0 spiro atoms. The summed E-state index contributed by atoms with van der Waals surface area (Å²) in [6, 6.07) is 12.0. The first-order valence-electron chi connectivity index (χ1n) is 21.2. The summed E-state index contributed by atoms with van der Waals surface area (Å²) in [5.41, 5.74) is 17.7. The average Bonchev–Trinajstić information content (AvgIpc) is 3.71. The van der Waals surface area contributed by atoms with Crippen LogP contribution in [0.15, 0.2) is 64.3 Å². The Labute approximate surface area is 376 Å². The molecule has 3 aromatic carbocycles. The molecule has 64 heavy (non-hydrogen) atoms. The molecule has 7 rings (SSSR count). The highest BCUT2D eigenvalue weighted by atomic mass is 35.5. The van der Waals surface area contributed by atoms with Gasteiger partial charge in [-0.3, -0.25) is 48.1 Å². The molecular formula is C44H54ClN9O9S. The molecule has 1 aromatic heterocycles. The Bertz CT molecular complexity index is 2660. The summed E-state index contributed by atoms with van der Waals surface area (Å²) in [4.78, 5) is 91.9. The minimum absolute atomic E-state index is 0. The second kappa shape index (κ2) is 19.8. The third kappa shape index (κ3) is 10.3. The number of nitrogens with one attached hydrogen (secondary N) is 4. The van der Waals surface area contributed by atoms with Gasteiger partial charge in [0.1, 0.15) is 18.1 Å². The number of fused-ring (bicyclic) bond motifs is 1. The molecule has 0 saturated carbocycles. The number of imide groups is 1. The van der Waals surface area contributed by atoms with Gasteiger partial charge in [-0.15, -0.1) is 12.4 Å². The predicted octanol–water partition coefficient (Wildman–Crippen LogP) is 1.57. The van der Waals surface area contributed by atoms with Gasteiger partial charge in [0.05, 0.1) is 27.7 Å². The van der Waals surface area contributed by atoms with E-state index in [1.54, 1.807) is 19.2 Å². The summed E-state index contributed by atoms with van der Waals surface area (Å²) < 4.78 is 26.6. The number of halogens is 1. The van der Waals surface area contributed by atoms with Crippen molar-refractivity contribution in [1.29, 1.82) is 0 Å². The Morgan fingerprint density at radius 3 is 2.34 bits per heavy atom. The minimum Gasteiger partial charge on any atom is -0.385 e. The van der Waals surface area contributed by atoms with E-state index in [9.17, 15) is 42.0 Å². The molecule has 0 radical (unpaired) electrons. The molecule has 20 heteroatoms. The summed E-state index contributed by atoms with van der Waals surface area (Å²) in [7, 11) is -1.74. The molecule has 1 unspecified atom stereocenters. The van der Waals surface area contributed by atoms with Crippen molar-refractivity contribution in [3.63, 3.8) is 0 Å². The lowest BCUT2D eigenvalue weighted by Crippen LogP contribution is -2.56. The maximum Gasteiger partial charge on any atom is 0.329 e. The van der Waals surface area contributed by atoms with Crippen LogP contribution < -0.4 is 43.3 Å². The predicted molar refractivity (Wildman–Crippen MR) is 241 cm³/mol. The van der Waals surface area contributed by atoms with Crippen molar-refractivity contribution >= 4 is 80.1 Å². The maximum absolute atomic E-state index is 14.0. The highest BCUT2D eigenvalue weighted by Crippen LogP contribution is 2.40. The average molecular weight is 920 g/mol. The van der Waals surface area contributed by atoms with Crippen LogP contribution in [0.2, 0.25) is 0 Å². The summed E-state index contributed by atoms with van der Waals surface area (Å²) in [6.45, 7) is 0.721. The molecule has 1 fully saturated rings.